The van der Waals surface area contributed by atoms with Crippen LogP contribution in [0.4, 0.5) is 0 Å². The van der Waals surface area contributed by atoms with Gasteiger partial charge in [0.15, 0.2) is 0 Å². The van der Waals surface area contributed by atoms with Crippen molar-refractivity contribution in [2.45, 2.75) is 38.3 Å². The van der Waals surface area contributed by atoms with Crippen LogP contribution in [-0.2, 0) is 17.8 Å². The second-order valence-corrected chi connectivity index (χ2v) is 7.73. The summed E-state index contributed by atoms with van der Waals surface area (Å²) in [7, 11) is 0. The van der Waals surface area contributed by atoms with E-state index in [2.05, 4.69) is 45.1 Å². The molecule has 0 N–H and O–H groups in total. The number of imidazole rings is 1. The van der Waals surface area contributed by atoms with E-state index >= 15 is 0 Å². The zero-order valence-electron chi connectivity index (χ0n) is 15.3. The number of fused-ring (bicyclic) bond motifs is 4. The zero-order valence-corrected chi connectivity index (χ0v) is 15.3. The van der Waals surface area contributed by atoms with Gasteiger partial charge in [0, 0.05) is 38.1 Å². The summed E-state index contributed by atoms with van der Waals surface area (Å²) < 4.78 is 1.87. The van der Waals surface area contributed by atoms with Gasteiger partial charge in [0.05, 0.1) is 6.33 Å². The Morgan fingerprint density at radius 3 is 2.81 bits per heavy atom. The standard InChI is InChI=1S/C21H28N4O/c26-21(16-24-12-10-22-17-24)25-14-19-8-9-20(25)15-23(13-19)11-4-7-18-5-2-1-3-6-18/h1-3,5-6,10,12,17,19-20H,4,7-9,11,13-16H2/t19-,20+/m0/s1. The van der Waals surface area contributed by atoms with Gasteiger partial charge in [-0.25, -0.2) is 4.98 Å². The van der Waals surface area contributed by atoms with Crippen molar-refractivity contribution in [3.8, 4) is 0 Å². The van der Waals surface area contributed by atoms with Gasteiger partial charge in [-0.3, -0.25) is 4.79 Å². The summed E-state index contributed by atoms with van der Waals surface area (Å²) in [4.78, 5) is 21.6. The predicted octanol–water partition coefficient (Wildman–Crippen LogP) is 2.44. The van der Waals surface area contributed by atoms with Crippen LogP contribution in [0.1, 0.15) is 24.8 Å². The zero-order chi connectivity index (χ0) is 17.8. The monoisotopic (exact) mass is 352 g/mol. The van der Waals surface area contributed by atoms with Crippen molar-refractivity contribution in [2.75, 3.05) is 26.2 Å². The molecule has 1 aromatic heterocycles. The number of nitrogens with zero attached hydrogens (tertiary/aromatic N) is 4. The van der Waals surface area contributed by atoms with E-state index in [0.717, 1.165) is 39.0 Å². The second kappa shape index (κ2) is 8.04. The van der Waals surface area contributed by atoms with Gasteiger partial charge in [0.2, 0.25) is 5.91 Å². The number of rotatable bonds is 6. The minimum Gasteiger partial charge on any atom is -0.337 e. The molecule has 1 aromatic carbocycles. The van der Waals surface area contributed by atoms with Crippen LogP contribution in [0.3, 0.4) is 0 Å². The molecule has 5 nitrogen and oxygen atoms in total. The van der Waals surface area contributed by atoms with E-state index in [0.29, 0.717) is 18.5 Å². The van der Waals surface area contributed by atoms with Crippen molar-refractivity contribution in [3.63, 3.8) is 0 Å². The molecule has 138 valence electrons. The highest BCUT2D eigenvalue weighted by Crippen LogP contribution is 2.28. The molecule has 0 unspecified atom stereocenters. The van der Waals surface area contributed by atoms with Gasteiger partial charge in [0.1, 0.15) is 6.54 Å². The Hall–Kier alpha value is -2.14. The first-order chi connectivity index (χ1) is 12.8. The van der Waals surface area contributed by atoms with Gasteiger partial charge >= 0.3 is 0 Å². The maximum Gasteiger partial charge on any atom is 0.242 e. The topological polar surface area (TPSA) is 41.4 Å². The smallest absolute Gasteiger partial charge is 0.242 e. The lowest BCUT2D eigenvalue weighted by atomic mass is 9.95. The van der Waals surface area contributed by atoms with Gasteiger partial charge in [-0.1, -0.05) is 30.3 Å². The van der Waals surface area contributed by atoms with Crippen molar-refractivity contribution in [3.05, 3.63) is 54.6 Å². The van der Waals surface area contributed by atoms with E-state index in [-0.39, 0.29) is 5.91 Å². The minimum atomic E-state index is 0.240. The van der Waals surface area contributed by atoms with Crippen LogP contribution in [0.5, 0.6) is 0 Å². The Morgan fingerprint density at radius 2 is 2.00 bits per heavy atom. The molecule has 2 bridgehead atoms. The molecule has 2 atom stereocenters. The molecule has 3 aliphatic heterocycles. The summed E-state index contributed by atoms with van der Waals surface area (Å²) in [5.41, 5.74) is 1.42. The molecule has 4 heterocycles. The number of carbonyl (C=O) groups is 1. The molecule has 0 radical (unpaired) electrons. The first-order valence-electron chi connectivity index (χ1n) is 9.79. The highest BCUT2D eigenvalue weighted by atomic mass is 16.2. The molecule has 5 rings (SSSR count). The third-order valence-electron chi connectivity index (χ3n) is 5.77. The van der Waals surface area contributed by atoms with Crippen molar-refractivity contribution in [1.29, 1.82) is 0 Å². The number of aromatic nitrogens is 2. The first-order valence-corrected chi connectivity index (χ1v) is 9.79. The lowest BCUT2D eigenvalue weighted by molar-refractivity contribution is -0.135. The summed E-state index contributed by atoms with van der Waals surface area (Å²) in [6.45, 7) is 4.64. The number of piperidine rings is 1. The van der Waals surface area contributed by atoms with E-state index in [4.69, 9.17) is 0 Å². The summed E-state index contributed by atoms with van der Waals surface area (Å²) in [6, 6.07) is 11.1. The van der Waals surface area contributed by atoms with Crippen molar-refractivity contribution >= 4 is 5.91 Å². The maximum atomic E-state index is 12.8. The summed E-state index contributed by atoms with van der Waals surface area (Å²) in [6.07, 6.45) is 10.1. The van der Waals surface area contributed by atoms with Crippen molar-refractivity contribution in [2.24, 2.45) is 5.92 Å². The Morgan fingerprint density at radius 1 is 1.12 bits per heavy atom. The fraction of sp³-hybridized carbons (Fsp3) is 0.524. The fourth-order valence-electron chi connectivity index (χ4n) is 4.45. The van der Waals surface area contributed by atoms with Gasteiger partial charge in [0.25, 0.3) is 0 Å². The number of amides is 1. The van der Waals surface area contributed by atoms with Crippen LogP contribution in [0.2, 0.25) is 0 Å². The van der Waals surface area contributed by atoms with Crippen LogP contribution in [0, 0.1) is 5.92 Å². The number of benzene rings is 1. The summed E-state index contributed by atoms with van der Waals surface area (Å²) in [5.74, 6) is 0.862. The molecule has 5 heteroatoms. The third-order valence-corrected chi connectivity index (χ3v) is 5.77. The molecule has 0 saturated carbocycles. The third kappa shape index (κ3) is 4.15. The molecular formula is C21H28N4O. The predicted molar refractivity (Wildman–Crippen MR) is 102 cm³/mol. The molecule has 3 fully saturated rings. The Bertz CT molecular complexity index is 700. The van der Waals surface area contributed by atoms with Gasteiger partial charge in [-0.2, -0.15) is 0 Å². The molecule has 0 aliphatic carbocycles. The number of hydrogen-bond acceptors (Lipinski definition) is 3. The van der Waals surface area contributed by atoms with E-state index in [1.165, 1.54) is 18.4 Å². The Balaban J connectivity index is 1.32. The lowest BCUT2D eigenvalue weighted by Crippen LogP contribution is -2.48. The van der Waals surface area contributed by atoms with E-state index in [9.17, 15) is 4.79 Å². The molecule has 1 amide bonds. The molecule has 26 heavy (non-hydrogen) atoms. The quantitative estimate of drug-likeness (QED) is 0.802. The van der Waals surface area contributed by atoms with Crippen LogP contribution in [0.15, 0.2) is 49.1 Å². The van der Waals surface area contributed by atoms with Crippen LogP contribution in [-0.4, -0.2) is 57.5 Å². The molecule has 2 aromatic rings. The van der Waals surface area contributed by atoms with E-state index in [1.54, 1.807) is 12.5 Å². The van der Waals surface area contributed by atoms with Gasteiger partial charge < -0.3 is 14.4 Å². The van der Waals surface area contributed by atoms with Crippen molar-refractivity contribution < 1.29 is 4.79 Å². The van der Waals surface area contributed by atoms with Gasteiger partial charge in [-0.15, -0.1) is 0 Å². The largest absolute Gasteiger partial charge is 0.337 e. The van der Waals surface area contributed by atoms with Crippen LogP contribution >= 0.6 is 0 Å². The summed E-state index contributed by atoms with van der Waals surface area (Å²) in [5, 5.41) is 0. The van der Waals surface area contributed by atoms with Crippen molar-refractivity contribution in [1.82, 2.24) is 19.4 Å². The van der Waals surface area contributed by atoms with Crippen LogP contribution < -0.4 is 0 Å². The average Bonchev–Trinajstić information content (AvgIpc) is 3.01. The second-order valence-electron chi connectivity index (χ2n) is 7.73. The first kappa shape index (κ1) is 17.3. The SMILES string of the molecule is O=C(Cn1ccnc1)N1C[C@H]2CC[C@@H]1CN(CCCc1ccccc1)C2. The van der Waals surface area contributed by atoms with E-state index < -0.39 is 0 Å². The van der Waals surface area contributed by atoms with E-state index in [1.807, 2.05) is 10.8 Å². The molecule has 3 saturated heterocycles. The fourth-order valence-corrected chi connectivity index (χ4v) is 4.45. The normalized spacial score (nSPS) is 23.2. The lowest BCUT2D eigenvalue weighted by Gasteiger charge is -2.36. The highest BCUT2D eigenvalue weighted by Gasteiger charge is 2.36. The van der Waals surface area contributed by atoms with Crippen LogP contribution in [0.25, 0.3) is 0 Å². The average molecular weight is 352 g/mol. The molecule has 0 spiro atoms. The minimum absolute atomic E-state index is 0.240. The number of aryl methyl sites for hydroxylation is 1. The maximum absolute atomic E-state index is 12.8. The Labute approximate surface area is 155 Å². The summed E-state index contributed by atoms with van der Waals surface area (Å²) >= 11 is 0. The highest BCUT2D eigenvalue weighted by molar-refractivity contribution is 5.76. The number of hydrogen-bond donors (Lipinski definition) is 0. The molecular weight excluding hydrogens is 324 g/mol. The molecule has 3 aliphatic rings. The Kier molecular flexibility index (Phi) is 5.34. The number of carbonyl (C=O) groups excluding carboxylic acids is 1. The van der Waals surface area contributed by atoms with Gasteiger partial charge in [-0.05, 0) is 43.7 Å².